The number of aliphatic imine (C=N–C) groups is 1. The molecule has 4 nitrogen and oxygen atoms in total. The lowest BCUT2D eigenvalue weighted by Crippen LogP contribution is -2.15. The average Bonchev–Trinajstić information content (AvgIpc) is 2.73. The van der Waals surface area contributed by atoms with Crippen LogP contribution in [-0.2, 0) is 0 Å². The molecule has 78 valence electrons. The Morgan fingerprint density at radius 1 is 1.27 bits per heavy atom. The maximum Gasteiger partial charge on any atom is 0.238 e. The monoisotopic (exact) mass is 242 g/mol. The van der Waals surface area contributed by atoms with Crippen LogP contribution in [0.25, 0.3) is 0 Å². The zero-order valence-corrected chi connectivity index (χ0v) is 9.26. The van der Waals surface area contributed by atoms with Crippen molar-refractivity contribution in [2.75, 3.05) is 13.1 Å². The molecule has 0 aromatic heterocycles. The fourth-order valence-corrected chi connectivity index (χ4v) is 1.46. The Morgan fingerprint density at radius 3 is 2.87 bits per heavy atom. The van der Waals surface area contributed by atoms with Gasteiger partial charge >= 0.3 is 0 Å². The van der Waals surface area contributed by atoms with Gasteiger partial charge in [-0.15, -0.1) is 10.2 Å². The Kier molecular flexibility index (Phi) is 3.18. The molecule has 0 unspecified atom stereocenters. The van der Waals surface area contributed by atoms with Crippen molar-refractivity contribution >= 4 is 34.8 Å². The normalized spacial score (nSPS) is 15.5. The molecule has 1 aromatic rings. The molecular weight excluding hydrogens is 235 g/mol. The molecule has 0 amide bonds. The Labute approximate surface area is 97.0 Å². The molecule has 1 aliphatic heterocycles. The van der Waals surface area contributed by atoms with Crippen molar-refractivity contribution in [1.82, 2.24) is 5.32 Å². The fourth-order valence-electron chi connectivity index (χ4n) is 1.12. The molecule has 0 saturated carbocycles. The van der Waals surface area contributed by atoms with Crippen molar-refractivity contribution in [1.29, 1.82) is 0 Å². The van der Waals surface area contributed by atoms with Crippen LogP contribution in [-0.4, -0.2) is 19.0 Å². The van der Waals surface area contributed by atoms with E-state index in [1.165, 1.54) is 0 Å². The minimum Gasteiger partial charge on any atom is -0.351 e. The molecule has 15 heavy (non-hydrogen) atoms. The molecule has 0 radical (unpaired) electrons. The van der Waals surface area contributed by atoms with Gasteiger partial charge in [-0.05, 0) is 12.1 Å². The highest BCUT2D eigenvalue weighted by atomic mass is 35.5. The van der Waals surface area contributed by atoms with Gasteiger partial charge in [-0.3, -0.25) is 0 Å². The van der Waals surface area contributed by atoms with Gasteiger partial charge in [0.2, 0.25) is 5.96 Å². The first-order valence-corrected chi connectivity index (χ1v) is 5.17. The van der Waals surface area contributed by atoms with E-state index in [-0.39, 0.29) is 0 Å². The van der Waals surface area contributed by atoms with E-state index in [2.05, 4.69) is 20.5 Å². The number of azo groups is 1. The molecule has 1 N–H and O–H groups in total. The van der Waals surface area contributed by atoms with Crippen LogP contribution >= 0.6 is 23.2 Å². The van der Waals surface area contributed by atoms with E-state index in [4.69, 9.17) is 23.2 Å². The van der Waals surface area contributed by atoms with Gasteiger partial charge in [0.15, 0.2) is 0 Å². The summed E-state index contributed by atoms with van der Waals surface area (Å²) in [6.07, 6.45) is 0. The van der Waals surface area contributed by atoms with Crippen LogP contribution in [0.2, 0.25) is 10.0 Å². The summed E-state index contributed by atoms with van der Waals surface area (Å²) in [6, 6.07) is 5.22. The summed E-state index contributed by atoms with van der Waals surface area (Å²) in [7, 11) is 0. The Hall–Kier alpha value is -1.13. The second-order valence-corrected chi connectivity index (χ2v) is 3.69. The van der Waals surface area contributed by atoms with Crippen molar-refractivity contribution < 1.29 is 0 Å². The van der Waals surface area contributed by atoms with Gasteiger partial charge in [0.1, 0.15) is 5.69 Å². The zero-order chi connectivity index (χ0) is 10.7. The fraction of sp³-hybridized carbons (Fsp3) is 0.222. The minimum absolute atomic E-state index is 0.404. The number of rotatable bonds is 1. The lowest BCUT2D eigenvalue weighted by atomic mass is 10.3. The van der Waals surface area contributed by atoms with Crippen molar-refractivity contribution in [3.8, 4) is 0 Å². The predicted molar refractivity (Wildman–Crippen MR) is 61.3 cm³/mol. The summed E-state index contributed by atoms with van der Waals surface area (Å²) in [5.74, 6) is 0.533. The first-order chi connectivity index (χ1) is 7.27. The molecule has 0 atom stereocenters. The van der Waals surface area contributed by atoms with Gasteiger partial charge < -0.3 is 5.32 Å². The van der Waals surface area contributed by atoms with Gasteiger partial charge in [0, 0.05) is 6.54 Å². The average molecular weight is 243 g/mol. The van der Waals surface area contributed by atoms with Crippen LogP contribution < -0.4 is 5.32 Å². The Bertz CT molecular complexity index is 428. The predicted octanol–water partition coefficient (Wildman–Crippen LogP) is 3.04. The highest BCUT2D eigenvalue weighted by molar-refractivity contribution is 6.43. The third-order valence-electron chi connectivity index (χ3n) is 1.84. The summed E-state index contributed by atoms with van der Waals surface area (Å²) in [4.78, 5) is 4.07. The summed E-state index contributed by atoms with van der Waals surface area (Å²) in [5, 5.41) is 11.7. The molecule has 0 fully saturated rings. The molecule has 0 bridgehead atoms. The molecule has 1 aliphatic rings. The first-order valence-electron chi connectivity index (χ1n) is 4.41. The second-order valence-electron chi connectivity index (χ2n) is 2.91. The number of nitrogens with one attached hydrogen (secondary N) is 1. The number of guanidine groups is 1. The number of nitrogens with zero attached hydrogens (tertiary/aromatic N) is 3. The Balaban J connectivity index is 2.20. The first kappa shape index (κ1) is 10.4. The number of halogens is 2. The van der Waals surface area contributed by atoms with E-state index >= 15 is 0 Å². The van der Waals surface area contributed by atoms with Gasteiger partial charge in [-0.25, -0.2) is 4.99 Å². The standard InChI is InChI=1S/C9H8Cl2N4/c10-6-2-1-3-7(8(6)11)14-15-9-12-4-5-13-9/h1-3H,4-5H2,(H,12,13). The maximum atomic E-state index is 5.93. The highest BCUT2D eigenvalue weighted by Gasteiger charge is 2.05. The van der Waals surface area contributed by atoms with Crippen molar-refractivity contribution in [3.63, 3.8) is 0 Å². The molecule has 1 aromatic carbocycles. The summed E-state index contributed by atoms with van der Waals surface area (Å²) in [6.45, 7) is 1.54. The SMILES string of the molecule is Clc1cccc(N=NC2=NCCN2)c1Cl. The van der Waals surface area contributed by atoms with E-state index < -0.39 is 0 Å². The molecule has 0 spiro atoms. The largest absolute Gasteiger partial charge is 0.351 e. The summed E-state index contributed by atoms with van der Waals surface area (Å²) >= 11 is 11.8. The van der Waals surface area contributed by atoms with Crippen molar-refractivity contribution in [2.24, 2.45) is 15.2 Å². The zero-order valence-electron chi connectivity index (χ0n) is 7.74. The summed E-state index contributed by atoms with van der Waals surface area (Å²) in [5.41, 5.74) is 0.542. The molecule has 2 rings (SSSR count). The van der Waals surface area contributed by atoms with Crippen LogP contribution in [0.3, 0.4) is 0 Å². The smallest absolute Gasteiger partial charge is 0.238 e. The van der Waals surface area contributed by atoms with E-state index in [1.54, 1.807) is 18.2 Å². The van der Waals surface area contributed by atoms with E-state index in [9.17, 15) is 0 Å². The van der Waals surface area contributed by atoms with E-state index in [0.717, 1.165) is 13.1 Å². The third-order valence-corrected chi connectivity index (χ3v) is 2.65. The minimum atomic E-state index is 0.404. The number of hydrogen-bond acceptors (Lipinski definition) is 4. The van der Waals surface area contributed by atoms with Crippen LogP contribution in [0.5, 0.6) is 0 Å². The molecule has 0 aliphatic carbocycles. The Morgan fingerprint density at radius 2 is 2.13 bits per heavy atom. The molecule has 0 saturated heterocycles. The molecular formula is C9H8Cl2N4. The topological polar surface area (TPSA) is 49.1 Å². The van der Waals surface area contributed by atoms with Crippen LogP contribution in [0.4, 0.5) is 5.69 Å². The van der Waals surface area contributed by atoms with E-state index in [0.29, 0.717) is 21.7 Å². The lowest BCUT2D eigenvalue weighted by Gasteiger charge is -1.98. The quantitative estimate of drug-likeness (QED) is 0.757. The van der Waals surface area contributed by atoms with E-state index in [1.807, 2.05) is 0 Å². The van der Waals surface area contributed by atoms with Crippen LogP contribution in [0.15, 0.2) is 33.4 Å². The third kappa shape index (κ3) is 2.46. The highest BCUT2D eigenvalue weighted by Crippen LogP contribution is 2.31. The molecule has 1 heterocycles. The maximum absolute atomic E-state index is 5.93. The van der Waals surface area contributed by atoms with Gasteiger partial charge in [0.25, 0.3) is 0 Å². The molecule has 6 heteroatoms. The van der Waals surface area contributed by atoms with Gasteiger partial charge in [-0.2, -0.15) is 0 Å². The second kappa shape index (κ2) is 4.59. The van der Waals surface area contributed by atoms with Crippen LogP contribution in [0, 0.1) is 0 Å². The van der Waals surface area contributed by atoms with Crippen molar-refractivity contribution in [3.05, 3.63) is 28.2 Å². The number of benzene rings is 1. The van der Waals surface area contributed by atoms with Gasteiger partial charge in [0.05, 0.1) is 16.6 Å². The van der Waals surface area contributed by atoms with Crippen LogP contribution in [0.1, 0.15) is 0 Å². The number of hydrogen-bond donors (Lipinski definition) is 1. The lowest BCUT2D eigenvalue weighted by molar-refractivity contribution is 0.953. The summed E-state index contributed by atoms with van der Waals surface area (Å²) < 4.78 is 0. The van der Waals surface area contributed by atoms with Crippen molar-refractivity contribution in [2.45, 2.75) is 0 Å². The van der Waals surface area contributed by atoms with Gasteiger partial charge in [-0.1, -0.05) is 29.3 Å².